The van der Waals surface area contributed by atoms with Crippen LogP contribution in [0.5, 0.6) is 5.75 Å². The SMILES string of the molecule is COc1ccc(Br)cc1/C=N/Nc1nnc(SCC(=O)c2ccccc2)n1N. The largest absolute Gasteiger partial charge is 0.496 e. The Hall–Kier alpha value is -2.85. The van der Waals surface area contributed by atoms with Gasteiger partial charge in [-0.1, -0.05) is 58.0 Å². The highest BCUT2D eigenvalue weighted by atomic mass is 79.9. The molecule has 0 saturated heterocycles. The molecule has 2 aromatic carbocycles. The van der Waals surface area contributed by atoms with Gasteiger partial charge in [0, 0.05) is 15.6 Å². The number of aromatic nitrogens is 3. The Kier molecular flexibility index (Phi) is 6.66. The predicted octanol–water partition coefficient (Wildman–Crippen LogP) is 3.18. The molecule has 1 aromatic heterocycles. The number of halogens is 1. The molecule has 0 spiro atoms. The lowest BCUT2D eigenvalue weighted by atomic mass is 10.2. The number of nitrogens with one attached hydrogen (secondary N) is 1. The number of ether oxygens (including phenoxy) is 1. The first-order chi connectivity index (χ1) is 13.6. The van der Waals surface area contributed by atoms with E-state index in [-0.39, 0.29) is 17.5 Å². The quantitative estimate of drug-likeness (QED) is 0.174. The number of nitrogens with two attached hydrogens (primary N) is 1. The Morgan fingerprint density at radius 3 is 2.86 bits per heavy atom. The summed E-state index contributed by atoms with van der Waals surface area (Å²) in [5.74, 6) is 7.10. The van der Waals surface area contributed by atoms with Crippen molar-refractivity contribution in [1.82, 2.24) is 14.9 Å². The number of rotatable bonds is 8. The summed E-state index contributed by atoms with van der Waals surface area (Å²) < 4.78 is 7.44. The number of carbonyl (C=O) groups is 1. The molecule has 144 valence electrons. The van der Waals surface area contributed by atoms with Crippen molar-refractivity contribution in [2.75, 3.05) is 24.1 Å². The summed E-state index contributed by atoms with van der Waals surface area (Å²) in [5.41, 5.74) is 4.15. The van der Waals surface area contributed by atoms with Crippen LogP contribution in [0.15, 0.2) is 63.3 Å². The third-order valence-corrected chi connectivity index (χ3v) is 5.09. The minimum Gasteiger partial charge on any atom is -0.496 e. The van der Waals surface area contributed by atoms with E-state index < -0.39 is 0 Å². The maximum atomic E-state index is 12.2. The predicted molar refractivity (Wildman–Crippen MR) is 114 cm³/mol. The summed E-state index contributed by atoms with van der Waals surface area (Å²) >= 11 is 4.61. The minimum atomic E-state index is -0.0112. The van der Waals surface area contributed by atoms with Crippen LogP contribution in [0.3, 0.4) is 0 Å². The number of hydrogen-bond donors (Lipinski definition) is 2. The summed E-state index contributed by atoms with van der Waals surface area (Å²) in [7, 11) is 1.59. The molecule has 8 nitrogen and oxygen atoms in total. The van der Waals surface area contributed by atoms with Crippen molar-refractivity contribution in [1.29, 1.82) is 0 Å². The molecule has 10 heteroatoms. The number of carbonyl (C=O) groups excluding carboxylic acids is 1. The van der Waals surface area contributed by atoms with Crippen molar-refractivity contribution in [3.05, 3.63) is 64.1 Å². The summed E-state index contributed by atoms with van der Waals surface area (Å²) in [4.78, 5) is 12.2. The second-order valence-corrected chi connectivity index (χ2v) is 7.37. The number of benzene rings is 2. The highest BCUT2D eigenvalue weighted by Gasteiger charge is 2.13. The van der Waals surface area contributed by atoms with Crippen molar-refractivity contribution >= 4 is 45.6 Å². The monoisotopic (exact) mass is 460 g/mol. The molecule has 0 radical (unpaired) electrons. The Morgan fingerprint density at radius 2 is 2.11 bits per heavy atom. The number of Topliss-reactive ketones (excluding diaryl/α,β-unsaturated/α-hetero) is 1. The van der Waals surface area contributed by atoms with Crippen LogP contribution in [0.25, 0.3) is 0 Å². The maximum absolute atomic E-state index is 12.2. The molecular weight excluding hydrogens is 444 g/mol. The van der Waals surface area contributed by atoms with Crippen LogP contribution in [0.2, 0.25) is 0 Å². The maximum Gasteiger partial charge on any atom is 0.264 e. The summed E-state index contributed by atoms with van der Waals surface area (Å²) in [6.45, 7) is 0. The number of ketones is 1. The lowest BCUT2D eigenvalue weighted by Gasteiger charge is -2.05. The van der Waals surface area contributed by atoms with Gasteiger partial charge in [0.25, 0.3) is 5.95 Å². The van der Waals surface area contributed by atoms with Gasteiger partial charge in [0.1, 0.15) is 5.75 Å². The van der Waals surface area contributed by atoms with E-state index in [0.717, 1.165) is 10.0 Å². The van der Waals surface area contributed by atoms with Crippen LogP contribution in [0.4, 0.5) is 5.95 Å². The lowest BCUT2D eigenvalue weighted by molar-refractivity contribution is 0.102. The van der Waals surface area contributed by atoms with Gasteiger partial charge in [-0.2, -0.15) is 5.10 Å². The molecule has 3 N–H and O–H groups in total. The Bertz CT molecular complexity index is 993. The van der Waals surface area contributed by atoms with Gasteiger partial charge in [0.15, 0.2) is 5.78 Å². The number of thioether (sulfide) groups is 1. The number of methoxy groups -OCH3 is 1. The topological polar surface area (TPSA) is 107 Å². The molecule has 0 aliphatic heterocycles. The second-order valence-electron chi connectivity index (χ2n) is 5.51. The third-order valence-electron chi connectivity index (χ3n) is 3.65. The van der Waals surface area contributed by atoms with E-state index in [2.05, 4.69) is 36.7 Å². The molecule has 0 amide bonds. The number of hydrazone groups is 1. The first-order valence-corrected chi connectivity index (χ1v) is 9.90. The molecule has 3 rings (SSSR count). The van der Waals surface area contributed by atoms with E-state index in [9.17, 15) is 4.79 Å². The van der Waals surface area contributed by atoms with Crippen molar-refractivity contribution in [3.8, 4) is 5.75 Å². The molecule has 28 heavy (non-hydrogen) atoms. The molecule has 0 unspecified atom stereocenters. The van der Waals surface area contributed by atoms with E-state index in [1.54, 1.807) is 25.5 Å². The second kappa shape index (κ2) is 9.38. The van der Waals surface area contributed by atoms with Crippen LogP contribution in [-0.2, 0) is 0 Å². The average molecular weight is 461 g/mol. The molecule has 0 atom stereocenters. The first-order valence-electron chi connectivity index (χ1n) is 8.12. The summed E-state index contributed by atoms with van der Waals surface area (Å²) in [5, 5.41) is 12.5. The van der Waals surface area contributed by atoms with Gasteiger partial charge in [0.2, 0.25) is 5.16 Å². The Balaban J connectivity index is 1.62. The number of anilines is 1. The van der Waals surface area contributed by atoms with Gasteiger partial charge in [-0.05, 0) is 18.2 Å². The number of nitrogens with zero attached hydrogens (tertiary/aromatic N) is 4. The summed E-state index contributed by atoms with van der Waals surface area (Å²) in [6.07, 6.45) is 1.59. The molecule has 0 bridgehead atoms. The van der Waals surface area contributed by atoms with Gasteiger partial charge in [-0.3, -0.25) is 4.79 Å². The zero-order chi connectivity index (χ0) is 19.9. The average Bonchev–Trinajstić information content (AvgIpc) is 3.06. The van der Waals surface area contributed by atoms with Crippen LogP contribution < -0.4 is 16.0 Å². The number of hydrogen-bond acceptors (Lipinski definition) is 8. The van der Waals surface area contributed by atoms with Gasteiger partial charge in [-0.15, -0.1) is 10.2 Å². The van der Waals surface area contributed by atoms with Crippen molar-refractivity contribution in [2.45, 2.75) is 5.16 Å². The molecular formula is C18H17BrN6O2S. The zero-order valence-electron chi connectivity index (χ0n) is 14.9. The van der Waals surface area contributed by atoms with E-state index >= 15 is 0 Å². The number of nitrogen functional groups attached to an aromatic ring is 1. The third kappa shape index (κ3) is 4.90. The van der Waals surface area contributed by atoms with Gasteiger partial charge in [-0.25, -0.2) is 10.1 Å². The molecule has 0 saturated carbocycles. The van der Waals surface area contributed by atoms with Gasteiger partial charge < -0.3 is 10.6 Å². The van der Waals surface area contributed by atoms with E-state index in [4.69, 9.17) is 10.6 Å². The zero-order valence-corrected chi connectivity index (χ0v) is 17.3. The highest BCUT2D eigenvalue weighted by molar-refractivity contribution is 9.10. The Labute approximate surface area is 174 Å². The standard InChI is InChI=1S/C18H17BrN6O2S/c1-27-16-8-7-14(19)9-13(16)10-21-22-17-23-24-18(25(17)20)28-11-15(26)12-5-3-2-4-6-12/h2-10H,11,20H2,1H3,(H,22,23)/b21-10+. The summed E-state index contributed by atoms with van der Waals surface area (Å²) in [6, 6.07) is 14.6. The van der Waals surface area contributed by atoms with Crippen molar-refractivity contribution in [3.63, 3.8) is 0 Å². The van der Waals surface area contributed by atoms with Crippen LogP contribution in [0.1, 0.15) is 15.9 Å². The van der Waals surface area contributed by atoms with Crippen molar-refractivity contribution in [2.24, 2.45) is 5.10 Å². The van der Waals surface area contributed by atoms with Crippen LogP contribution >= 0.6 is 27.7 Å². The van der Waals surface area contributed by atoms with Crippen molar-refractivity contribution < 1.29 is 9.53 Å². The molecule has 0 aliphatic rings. The molecule has 1 heterocycles. The fourth-order valence-corrected chi connectivity index (χ4v) is 3.38. The van der Waals surface area contributed by atoms with Gasteiger partial charge >= 0.3 is 0 Å². The first kappa shape index (κ1) is 19.9. The fraction of sp³-hybridized carbons (Fsp3) is 0.111. The normalized spacial score (nSPS) is 10.9. The van der Waals surface area contributed by atoms with E-state index in [1.807, 2.05) is 36.4 Å². The fourth-order valence-electron chi connectivity index (χ4n) is 2.25. The van der Waals surface area contributed by atoms with E-state index in [1.165, 1.54) is 16.4 Å². The minimum absolute atomic E-state index is 0.0112. The molecule has 0 aliphatic carbocycles. The highest BCUT2D eigenvalue weighted by Crippen LogP contribution is 2.22. The lowest BCUT2D eigenvalue weighted by Crippen LogP contribution is -2.14. The smallest absolute Gasteiger partial charge is 0.264 e. The van der Waals surface area contributed by atoms with Gasteiger partial charge in [0.05, 0.1) is 19.1 Å². The molecule has 3 aromatic rings. The Morgan fingerprint density at radius 1 is 1.32 bits per heavy atom. The molecule has 0 fully saturated rings. The van der Waals surface area contributed by atoms with Crippen LogP contribution in [0, 0.1) is 0 Å². The van der Waals surface area contributed by atoms with Crippen LogP contribution in [-0.4, -0.2) is 39.7 Å². The van der Waals surface area contributed by atoms with E-state index in [0.29, 0.717) is 16.5 Å².